The van der Waals surface area contributed by atoms with E-state index in [4.69, 9.17) is 27.1 Å². The largest absolute Gasteiger partial charge is 0.376 e. The molecule has 6 rings (SSSR count). The molecule has 174 valence electrons. The number of hydrogen-bond donors (Lipinski definition) is 2. The van der Waals surface area contributed by atoms with Crippen LogP contribution >= 0.6 is 11.6 Å². The first-order chi connectivity index (χ1) is 16.4. The number of benzene rings is 1. The van der Waals surface area contributed by atoms with Gasteiger partial charge in [0.05, 0.1) is 23.7 Å². The van der Waals surface area contributed by atoms with Crippen LogP contribution in [-0.2, 0) is 4.74 Å². The van der Waals surface area contributed by atoms with Crippen LogP contribution in [0.3, 0.4) is 0 Å². The van der Waals surface area contributed by atoms with Crippen molar-refractivity contribution < 1.29 is 9.13 Å². The molecule has 0 saturated carbocycles. The zero-order valence-electron chi connectivity index (χ0n) is 18.6. The van der Waals surface area contributed by atoms with Crippen molar-refractivity contribution in [3.63, 3.8) is 0 Å². The lowest BCUT2D eigenvalue weighted by atomic mass is 9.73. The van der Waals surface area contributed by atoms with Crippen LogP contribution in [0.1, 0.15) is 31.0 Å². The number of nitrogens with two attached hydrogens (primary N) is 1. The summed E-state index contributed by atoms with van der Waals surface area (Å²) in [5, 5.41) is 8.33. The maximum Gasteiger partial charge on any atom is 0.213 e. The number of nitrogens with one attached hydrogen (secondary N) is 1. The van der Waals surface area contributed by atoms with E-state index in [0.717, 1.165) is 31.9 Å². The Morgan fingerprint density at radius 2 is 2.12 bits per heavy atom. The Morgan fingerprint density at radius 1 is 1.29 bits per heavy atom. The number of imidazole rings is 1. The van der Waals surface area contributed by atoms with E-state index in [1.54, 1.807) is 18.3 Å². The molecular formula is C24H23ClFN7O. The van der Waals surface area contributed by atoms with E-state index in [-0.39, 0.29) is 23.1 Å². The summed E-state index contributed by atoms with van der Waals surface area (Å²) in [6, 6.07) is 4.44. The van der Waals surface area contributed by atoms with Gasteiger partial charge in [-0.1, -0.05) is 17.5 Å². The third-order valence-corrected chi connectivity index (χ3v) is 7.41. The Labute approximate surface area is 200 Å². The maximum absolute atomic E-state index is 14.1. The minimum Gasteiger partial charge on any atom is -0.376 e. The second-order valence-electron chi connectivity index (χ2n) is 9.09. The summed E-state index contributed by atoms with van der Waals surface area (Å²) >= 11 is 5.83. The molecule has 3 aromatic heterocycles. The highest BCUT2D eigenvalue weighted by Gasteiger charge is 2.47. The molecule has 2 aliphatic heterocycles. The summed E-state index contributed by atoms with van der Waals surface area (Å²) in [7, 11) is 0. The number of nitrogens with zero attached hydrogens (tertiary/aromatic N) is 5. The molecule has 8 nitrogen and oxygen atoms in total. The third kappa shape index (κ3) is 3.33. The van der Waals surface area contributed by atoms with Crippen LogP contribution in [0.15, 0.2) is 30.6 Å². The highest BCUT2D eigenvalue weighted by atomic mass is 35.5. The summed E-state index contributed by atoms with van der Waals surface area (Å²) in [5.74, 6) is 6.11. The Balaban J connectivity index is 1.35. The average Bonchev–Trinajstić information content (AvgIpc) is 3.54. The molecule has 4 aromatic rings. The van der Waals surface area contributed by atoms with Gasteiger partial charge in [0, 0.05) is 42.0 Å². The second kappa shape index (κ2) is 7.94. The van der Waals surface area contributed by atoms with Crippen molar-refractivity contribution in [2.24, 2.45) is 11.1 Å². The molecule has 2 atom stereocenters. The molecule has 0 aliphatic carbocycles. The predicted octanol–water partition coefficient (Wildman–Crippen LogP) is 3.13. The summed E-state index contributed by atoms with van der Waals surface area (Å²) in [4.78, 5) is 11.7. The Morgan fingerprint density at radius 3 is 2.85 bits per heavy atom. The quantitative estimate of drug-likeness (QED) is 0.407. The van der Waals surface area contributed by atoms with Gasteiger partial charge in [0.15, 0.2) is 11.3 Å². The standard InChI is InChI=1S/C24H23ClFN7O/c1-14-20(27)24(13-34-14)6-9-32(10-7-24)23-29-21-19(22-28-8-11-33(22)23)18(30-31-21)5-3-15-2-4-16(25)12-17(15)26/h2,4,8,11-12,14,20H,6-7,9-10,13,27H2,1H3,(H,30,31)/t14-,20+/m0/s1. The fourth-order valence-corrected chi connectivity index (χ4v) is 5.24. The van der Waals surface area contributed by atoms with Crippen LogP contribution in [0.25, 0.3) is 16.7 Å². The SMILES string of the molecule is C[C@@H]1OCC2(CCN(c3nc4[nH]nc(C#Cc5ccc(Cl)cc5F)c4c4nccn34)CC2)[C@@H]1N. The summed E-state index contributed by atoms with van der Waals surface area (Å²) < 4.78 is 22.0. The van der Waals surface area contributed by atoms with Crippen LogP contribution < -0.4 is 10.6 Å². The smallest absolute Gasteiger partial charge is 0.213 e. The maximum atomic E-state index is 14.1. The minimum atomic E-state index is -0.476. The van der Waals surface area contributed by atoms with E-state index in [0.29, 0.717) is 34.0 Å². The number of hydrogen-bond acceptors (Lipinski definition) is 6. The Bertz CT molecular complexity index is 1460. The average molecular weight is 480 g/mol. The van der Waals surface area contributed by atoms with Gasteiger partial charge in [0.25, 0.3) is 0 Å². The molecule has 0 amide bonds. The third-order valence-electron chi connectivity index (χ3n) is 7.17. The van der Waals surface area contributed by atoms with E-state index < -0.39 is 5.82 Å². The fourth-order valence-electron chi connectivity index (χ4n) is 5.08. The molecule has 2 aliphatic rings. The van der Waals surface area contributed by atoms with Gasteiger partial charge in [-0.15, -0.1) is 0 Å². The molecule has 34 heavy (non-hydrogen) atoms. The van der Waals surface area contributed by atoms with Gasteiger partial charge in [0.1, 0.15) is 11.5 Å². The topological polar surface area (TPSA) is 97.4 Å². The number of halogens is 2. The van der Waals surface area contributed by atoms with E-state index >= 15 is 0 Å². The number of aromatic amines is 1. The molecule has 3 N–H and O–H groups in total. The fraction of sp³-hybridized carbons (Fsp3) is 0.375. The van der Waals surface area contributed by atoms with Crippen molar-refractivity contribution >= 4 is 34.2 Å². The monoisotopic (exact) mass is 479 g/mol. The lowest BCUT2D eigenvalue weighted by Crippen LogP contribution is -2.51. The Kier molecular flexibility index (Phi) is 4.99. The van der Waals surface area contributed by atoms with Gasteiger partial charge < -0.3 is 15.4 Å². The predicted molar refractivity (Wildman–Crippen MR) is 127 cm³/mol. The lowest BCUT2D eigenvalue weighted by Gasteiger charge is -2.41. The number of anilines is 1. The molecule has 0 radical (unpaired) electrons. The summed E-state index contributed by atoms with van der Waals surface area (Å²) in [6.45, 7) is 4.42. The molecule has 0 unspecified atom stereocenters. The number of ether oxygens (including phenoxy) is 1. The highest BCUT2D eigenvalue weighted by molar-refractivity contribution is 6.30. The van der Waals surface area contributed by atoms with E-state index in [1.165, 1.54) is 6.07 Å². The van der Waals surface area contributed by atoms with Crippen LogP contribution in [0.4, 0.5) is 10.3 Å². The van der Waals surface area contributed by atoms with Gasteiger partial charge >= 0.3 is 0 Å². The van der Waals surface area contributed by atoms with E-state index in [2.05, 4.69) is 38.8 Å². The normalized spacial score (nSPS) is 21.9. The number of H-pyrrole nitrogens is 1. The minimum absolute atomic E-state index is 0.0295. The summed E-state index contributed by atoms with van der Waals surface area (Å²) in [6.07, 6.45) is 5.60. The number of piperidine rings is 1. The van der Waals surface area contributed by atoms with Crippen molar-refractivity contribution in [2.45, 2.75) is 31.9 Å². The first-order valence-electron chi connectivity index (χ1n) is 11.3. The van der Waals surface area contributed by atoms with Crippen molar-refractivity contribution in [2.75, 3.05) is 24.6 Å². The van der Waals surface area contributed by atoms with Crippen LogP contribution in [0.2, 0.25) is 5.02 Å². The molecule has 1 aromatic carbocycles. The zero-order chi connectivity index (χ0) is 23.4. The molecule has 10 heteroatoms. The molecule has 1 spiro atoms. The first kappa shape index (κ1) is 21.4. The first-order valence-corrected chi connectivity index (χ1v) is 11.6. The van der Waals surface area contributed by atoms with Gasteiger partial charge in [-0.05, 0) is 43.9 Å². The van der Waals surface area contributed by atoms with Crippen LogP contribution in [0.5, 0.6) is 0 Å². The second-order valence-corrected chi connectivity index (χ2v) is 9.53. The molecule has 5 heterocycles. The Hall–Kier alpha value is -3.19. The number of rotatable bonds is 1. The van der Waals surface area contributed by atoms with Crippen LogP contribution in [0, 0.1) is 23.1 Å². The van der Waals surface area contributed by atoms with Crippen molar-refractivity contribution in [1.29, 1.82) is 0 Å². The number of fused-ring (bicyclic) bond motifs is 3. The van der Waals surface area contributed by atoms with Crippen molar-refractivity contribution in [3.8, 4) is 11.8 Å². The number of aromatic nitrogens is 5. The van der Waals surface area contributed by atoms with Gasteiger partial charge in [-0.2, -0.15) is 10.1 Å². The molecule has 0 bridgehead atoms. The molecule has 2 fully saturated rings. The van der Waals surface area contributed by atoms with E-state index in [1.807, 2.05) is 10.6 Å². The molecular weight excluding hydrogens is 457 g/mol. The lowest BCUT2D eigenvalue weighted by molar-refractivity contribution is 0.0973. The van der Waals surface area contributed by atoms with Crippen molar-refractivity contribution in [1.82, 2.24) is 24.6 Å². The van der Waals surface area contributed by atoms with Gasteiger partial charge in [0.2, 0.25) is 5.95 Å². The van der Waals surface area contributed by atoms with Gasteiger partial charge in [-0.25, -0.2) is 9.37 Å². The molecule has 2 saturated heterocycles. The van der Waals surface area contributed by atoms with Crippen LogP contribution in [-0.4, -0.2) is 56.4 Å². The van der Waals surface area contributed by atoms with Crippen molar-refractivity contribution in [3.05, 3.63) is 52.7 Å². The zero-order valence-corrected chi connectivity index (χ0v) is 19.3. The van der Waals surface area contributed by atoms with E-state index in [9.17, 15) is 4.39 Å². The highest BCUT2D eigenvalue weighted by Crippen LogP contribution is 2.42. The van der Waals surface area contributed by atoms with Gasteiger partial charge in [-0.3, -0.25) is 9.50 Å². The summed E-state index contributed by atoms with van der Waals surface area (Å²) in [5.41, 5.74) is 8.50.